The van der Waals surface area contributed by atoms with Crippen LogP contribution < -0.4 is 21.3 Å². The molecule has 0 spiro atoms. The Balaban J connectivity index is 0.00000117. The Hall–Kier alpha value is -6.37. The van der Waals surface area contributed by atoms with Crippen molar-refractivity contribution < 1.29 is 43.3 Å². The summed E-state index contributed by atoms with van der Waals surface area (Å²) in [5, 5.41) is 19.9. The monoisotopic (exact) mass is 981 g/mol. The molecule has 0 fully saturated rings. The van der Waals surface area contributed by atoms with E-state index in [-0.39, 0.29) is 31.5 Å². The smallest absolute Gasteiger partial charge is 0.407 e. The summed E-state index contributed by atoms with van der Waals surface area (Å²) < 4.78 is 16.9. The van der Waals surface area contributed by atoms with Gasteiger partial charge in [-0.15, -0.1) is 0 Å². The lowest BCUT2D eigenvalue weighted by molar-refractivity contribution is -0.154. The topological polar surface area (TPSA) is 181 Å². The van der Waals surface area contributed by atoms with Crippen molar-refractivity contribution >= 4 is 30.0 Å². The van der Waals surface area contributed by atoms with Crippen LogP contribution in [0.2, 0.25) is 0 Å². The van der Waals surface area contributed by atoms with Crippen molar-refractivity contribution in [2.24, 2.45) is 0 Å². The minimum atomic E-state index is -1.07. The molecule has 390 valence electrons. The molecule has 2 atom stereocenters. The molecule has 4 amide bonds. The van der Waals surface area contributed by atoms with Crippen LogP contribution in [0.5, 0.6) is 5.75 Å². The maximum atomic E-state index is 14.0. The lowest BCUT2D eigenvalue weighted by Crippen LogP contribution is -2.54. The second kappa shape index (κ2) is 33.3. The highest BCUT2D eigenvalue weighted by molar-refractivity contribution is 5.92. The number of esters is 1. The summed E-state index contributed by atoms with van der Waals surface area (Å²) in [6.07, 6.45) is 5.04. The second-order valence-electron chi connectivity index (χ2n) is 18.1. The zero-order valence-electron chi connectivity index (χ0n) is 44.5. The van der Waals surface area contributed by atoms with Crippen LogP contribution in [0.25, 0.3) is 11.1 Å². The van der Waals surface area contributed by atoms with Gasteiger partial charge in [0.05, 0.1) is 0 Å². The minimum Gasteiger partial charge on any atom is -0.508 e. The van der Waals surface area contributed by atoms with E-state index in [0.29, 0.717) is 25.1 Å². The van der Waals surface area contributed by atoms with Crippen molar-refractivity contribution in [3.8, 4) is 16.9 Å². The highest BCUT2D eigenvalue weighted by Crippen LogP contribution is 2.44. The van der Waals surface area contributed by atoms with Crippen LogP contribution in [0.4, 0.5) is 9.59 Å². The van der Waals surface area contributed by atoms with E-state index in [0.717, 1.165) is 71.9 Å². The molecule has 0 aliphatic heterocycles. The van der Waals surface area contributed by atoms with Gasteiger partial charge < -0.3 is 40.6 Å². The van der Waals surface area contributed by atoms with E-state index in [1.807, 2.05) is 120 Å². The quantitative estimate of drug-likeness (QED) is 0.0291. The molecule has 0 heterocycles. The van der Waals surface area contributed by atoms with Crippen LogP contribution in [-0.4, -0.2) is 78.6 Å². The Kier molecular flexibility index (Phi) is 28.5. The number of carbonyl (C=O) groups is 5. The molecule has 0 saturated carbocycles. The van der Waals surface area contributed by atoms with Crippen molar-refractivity contribution in [3.63, 3.8) is 0 Å². The predicted molar refractivity (Wildman–Crippen MR) is 284 cm³/mol. The Morgan fingerprint density at radius 2 is 1.24 bits per heavy atom. The van der Waals surface area contributed by atoms with Gasteiger partial charge in [0.2, 0.25) is 11.8 Å². The average molecular weight is 981 g/mol. The summed E-state index contributed by atoms with van der Waals surface area (Å²) in [4.78, 5) is 66.0. The fraction of sp³-hybridized carbons (Fsp3) is 0.500. The number of phenols is 1. The molecule has 0 saturated heterocycles. The van der Waals surface area contributed by atoms with Gasteiger partial charge in [0.15, 0.2) is 0 Å². The standard InChI is InChI=1S/C46H62N4O8.C8H10O.2C2H6/c1-6-8-21-33(22-9-7-2)57-43(53)39(27-17-18-28-47-45(55)58-46(3,4)5)50-42(52)40(29-32-19-11-10-12-20-32)49-41(51)30-48-44(54)56-31-38-36-25-15-13-23-34(36)35-24-14-16-26-37(35)38;1-6-3-4-8(9)7(2)5-6;2*1-2/h10-16,19-20,23-26,33,38-40H,6-9,17-18,21-22,27-31H2,1-5H3,(H,47,55)(H,48,54)(H,49,51)(H,50,52);3-5,9H,1-2H3;2*1-2H3/t39-,40-;;;/m1.../s1. The summed E-state index contributed by atoms with van der Waals surface area (Å²) in [6.45, 7) is 21.4. The molecule has 13 nitrogen and oxygen atoms in total. The highest BCUT2D eigenvalue weighted by atomic mass is 16.6. The molecule has 0 bridgehead atoms. The largest absolute Gasteiger partial charge is 0.508 e. The van der Waals surface area contributed by atoms with Gasteiger partial charge in [0.25, 0.3) is 0 Å². The molecule has 1 aliphatic carbocycles. The molecule has 4 aromatic carbocycles. The van der Waals surface area contributed by atoms with Crippen molar-refractivity contribution in [2.75, 3.05) is 19.7 Å². The number of carbonyl (C=O) groups excluding carboxylic acids is 5. The van der Waals surface area contributed by atoms with Crippen molar-refractivity contribution in [3.05, 3.63) is 125 Å². The molecular weight excluding hydrogens is 897 g/mol. The number of hydrogen-bond donors (Lipinski definition) is 5. The summed E-state index contributed by atoms with van der Waals surface area (Å²) in [5.74, 6) is -1.46. The van der Waals surface area contributed by atoms with Crippen LogP contribution in [0.15, 0.2) is 97.1 Å². The van der Waals surface area contributed by atoms with Crippen LogP contribution in [0.3, 0.4) is 0 Å². The number of nitrogens with one attached hydrogen (secondary N) is 4. The summed E-state index contributed by atoms with van der Waals surface area (Å²) in [5.41, 5.74) is 6.64. The molecule has 1 aliphatic rings. The number of rotatable bonds is 22. The fourth-order valence-corrected chi connectivity index (χ4v) is 7.78. The van der Waals surface area contributed by atoms with Gasteiger partial charge in [-0.25, -0.2) is 14.4 Å². The van der Waals surface area contributed by atoms with Crippen LogP contribution >= 0.6 is 0 Å². The SMILES string of the molecule is CC.CC.CCCCC(CCCC)OC(=O)[C@@H](CCCCNC(=O)OC(C)(C)C)NC(=O)[C@@H](Cc1ccccc1)NC(=O)CNC(=O)OCC1c2ccccc2-c2ccccc21.Cc1ccc(O)c(C)c1. The first-order chi connectivity index (χ1) is 34.1. The number of aromatic hydroxyl groups is 1. The van der Waals surface area contributed by atoms with E-state index in [9.17, 15) is 24.0 Å². The molecule has 5 N–H and O–H groups in total. The van der Waals surface area contributed by atoms with Gasteiger partial charge in [0.1, 0.15) is 42.7 Å². The molecule has 5 rings (SSSR count). The lowest BCUT2D eigenvalue weighted by Gasteiger charge is -2.25. The van der Waals surface area contributed by atoms with Gasteiger partial charge in [-0.2, -0.15) is 0 Å². The van der Waals surface area contributed by atoms with E-state index >= 15 is 0 Å². The van der Waals surface area contributed by atoms with Crippen LogP contribution in [0, 0.1) is 13.8 Å². The summed E-state index contributed by atoms with van der Waals surface area (Å²) in [6, 6.07) is 28.7. The highest BCUT2D eigenvalue weighted by Gasteiger charge is 2.31. The second-order valence-corrected chi connectivity index (χ2v) is 18.1. The molecule has 0 radical (unpaired) electrons. The minimum absolute atomic E-state index is 0.0901. The number of ether oxygens (including phenoxy) is 3. The number of aryl methyl sites for hydroxylation is 2. The maximum absolute atomic E-state index is 14.0. The zero-order valence-corrected chi connectivity index (χ0v) is 44.5. The van der Waals surface area contributed by atoms with Crippen molar-refractivity contribution in [1.29, 1.82) is 0 Å². The first-order valence-electron chi connectivity index (χ1n) is 25.7. The number of fused-ring (bicyclic) bond motifs is 3. The number of hydrogen-bond acceptors (Lipinski definition) is 9. The number of alkyl carbamates (subject to hydrolysis) is 2. The number of benzene rings is 4. The Morgan fingerprint density at radius 1 is 0.662 bits per heavy atom. The lowest BCUT2D eigenvalue weighted by atomic mass is 9.98. The Bertz CT molecular complexity index is 2150. The van der Waals surface area contributed by atoms with E-state index in [1.54, 1.807) is 26.8 Å². The number of phenolic OH excluding ortho intramolecular Hbond substituents is 1. The number of amides is 4. The third-order valence-corrected chi connectivity index (χ3v) is 11.3. The van der Waals surface area contributed by atoms with Crippen molar-refractivity contribution in [1.82, 2.24) is 21.3 Å². The van der Waals surface area contributed by atoms with Gasteiger partial charge >= 0.3 is 18.2 Å². The molecule has 0 unspecified atom stereocenters. The van der Waals surface area contributed by atoms with Gasteiger partial charge in [-0.3, -0.25) is 9.59 Å². The Labute approximate surface area is 424 Å². The number of unbranched alkanes of at least 4 members (excludes halogenated alkanes) is 3. The van der Waals surface area contributed by atoms with E-state index in [1.165, 1.54) is 5.56 Å². The molecule has 0 aromatic heterocycles. The average Bonchev–Trinajstić information content (AvgIpc) is 3.68. The van der Waals surface area contributed by atoms with Gasteiger partial charge in [-0.05, 0) is 106 Å². The maximum Gasteiger partial charge on any atom is 0.407 e. The predicted octanol–water partition coefficient (Wildman–Crippen LogP) is 11.8. The first kappa shape index (κ1) is 60.8. The van der Waals surface area contributed by atoms with Crippen LogP contribution in [-0.2, 0) is 35.0 Å². The third-order valence-electron chi connectivity index (χ3n) is 11.3. The summed E-state index contributed by atoms with van der Waals surface area (Å²) >= 11 is 0. The summed E-state index contributed by atoms with van der Waals surface area (Å²) in [7, 11) is 0. The Morgan fingerprint density at radius 3 is 1.79 bits per heavy atom. The fourth-order valence-electron chi connectivity index (χ4n) is 7.78. The van der Waals surface area contributed by atoms with Crippen LogP contribution in [0.1, 0.15) is 154 Å². The third kappa shape index (κ3) is 22.5. The van der Waals surface area contributed by atoms with E-state index in [4.69, 9.17) is 19.3 Å². The zero-order chi connectivity index (χ0) is 52.8. The van der Waals surface area contributed by atoms with Crippen molar-refractivity contribution in [2.45, 2.75) is 170 Å². The first-order valence-corrected chi connectivity index (χ1v) is 25.7. The van der Waals surface area contributed by atoms with E-state index < -0.39 is 54.2 Å². The van der Waals surface area contributed by atoms with Gasteiger partial charge in [-0.1, -0.05) is 164 Å². The molecule has 71 heavy (non-hydrogen) atoms. The van der Waals surface area contributed by atoms with Gasteiger partial charge in [0, 0.05) is 18.9 Å². The molecule has 13 heteroatoms. The molecule has 4 aromatic rings. The van der Waals surface area contributed by atoms with E-state index in [2.05, 4.69) is 47.2 Å². The molecular formula is C58H84N4O9. The normalized spacial score (nSPS) is 12.1.